The first-order chi connectivity index (χ1) is 14.3. The van der Waals surface area contributed by atoms with Crippen LogP contribution < -0.4 is 5.69 Å². The van der Waals surface area contributed by atoms with E-state index in [4.69, 9.17) is 4.42 Å². The molecule has 10 heteroatoms. The highest BCUT2D eigenvalue weighted by molar-refractivity contribution is 7.89. The number of aryl methyl sites for hydroxylation is 2. The first kappa shape index (κ1) is 19.6. The largest absolute Gasteiger partial charge is 0.467 e. The fourth-order valence-corrected chi connectivity index (χ4v) is 4.59. The van der Waals surface area contributed by atoms with Gasteiger partial charge in [-0.2, -0.15) is 0 Å². The molecule has 30 heavy (non-hydrogen) atoms. The van der Waals surface area contributed by atoms with Crippen molar-refractivity contribution in [3.63, 3.8) is 0 Å². The second-order valence-electron chi connectivity index (χ2n) is 6.69. The van der Waals surface area contributed by atoms with Gasteiger partial charge >= 0.3 is 5.69 Å². The molecule has 0 aliphatic carbocycles. The minimum Gasteiger partial charge on any atom is -0.467 e. The van der Waals surface area contributed by atoms with E-state index in [9.17, 15) is 18.0 Å². The summed E-state index contributed by atoms with van der Waals surface area (Å²) in [7, 11) is -1.10. The number of hydrogen-bond donors (Lipinski definition) is 0. The van der Waals surface area contributed by atoms with Gasteiger partial charge in [0.15, 0.2) is 0 Å². The van der Waals surface area contributed by atoms with Gasteiger partial charge in [0.25, 0.3) is 15.9 Å². The Hall–Kier alpha value is -3.66. The van der Waals surface area contributed by atoms with Gasteiger partial charge in [-0.05, 0) is 42.5 Å². The van der Waals surface area contributed by atoms with Crippen molar-refractivity contribution in [1.82, 2.24) is 18.4 Å². The molecule has 0 aliphatic rings. The van der Waals surface area contributed by atoms with Gasteiger partial charge in [0.1, 0.15) is 5.76 Å². The first-order valence-corrected chi connectivity index (χ1v) is 10.4. The van der Waals surface area contributed by atoms with E-state index >= 15 is 0 Å². The zero-order valence-corrected chi connectivity index (χ0v) is 17.0. The molecule has 0 bridgehead atoms. The summed E-state index contributed by atoms with van der Waals surface area (Å²) >= 11 is 0. The smallest absolute Gasteiger partial charge is 0.328 e. The minimum atomic E-state index is -4.26. The number of nitrogens with zero attached hydrogens (tertiary/aromatic N) is 4. The number of fused-ring (bicyclic) bond motifs is 1. The summed E-state index contributed by atoms with van der Waals surface area (Å²) < 4.78 is 35.7. The van der Waals surface area contributed by atoms with Gasteiger partial charge in [-0.25, -0.2) is 17.5 Å². The summed E-state index contributed by atoms with van der Waals surface area (Å²) in [6.07, 6.45) is 4.20. The van der Waals surface area contributed by atoms with E-state index in [1.54, 1.807) is 38.4 Å². The Balaban J connectivity index is 1.84. The van der Waals surface area contributed by atoms with Crippen LogP contribution >= 0.6 is 0 Å². The van der Waals surface area contributed by atoms with Gasteiger partial charge in [-0.15, -0.1) is 0 Å². The Morgan fingerprint density at radius 2 is 1.87 bits per heavy atom. The number of sulfonamides is 1. The molecule has 0 spiro atoms. The summed E-state index contributed by atoms with van der Waals surface area (Å²) in [4.78, 5) is 29.1. The van der Waals surface area contributed by atoms with E-state index < -0.39 is 15.9 Å². The number of carbonyl (C=O) groups is 1. The van der Waals surface area contributed by atoms with Crippen LogP contribution in [0.2, 0.25) is 0 Å². The number of carbonyl (C=O) groups excluding carboxylic acids is 1. The molecule has 0 saturated heterocycles. The Morgan fingerprint density at radius 1 is 1.10 bits per heavy atom. The number of rotatable bonds is 5. The lowest BCUT2D eigenvalue weighted by Gasteiger charge is -2.21. The molecular formula is C20H18N4O5S. The van der Waals surface area contributed by atoms with Gasteiger partial charge in [-0.1, -0.05) is 0 Å². The average molecular weight is 426 g/mol. The molecule has 3 heterocycles. The van der Waals surface area contributed by atoms with Gasteiger partial charge in [0.05, 0.1) is 34.3 Å². The molecule has 154 valence electrons. The third-order valence-electron chi connectivity index (χ3n) is 4.85. The van der Waals surface area contributed by atoms with Crippen molar-refractivity contribution in [1.29, 1.82) is 0 Å². The Morgan fingerprint density at radius 3 is 2.53 bits per heavy atom. The van der Waals surface area contributed by atoms with Crippen LogP contribution in [0.3, 0.4) is 0 Å². The fourth-order valence-electron chi connectivity index (χ4n) is 3.22. The zero-order chi connectivity index (χ0) is 21.5. The molecule has 1 amide bonds. The van der Waals surface area contributed by atoms with Crippen molar-refractivity contribution in [2.75, 3.05) is 0 Å². The summed E-state index contributed by atoms with van der Waals surface area (Å²) in [5.74, 6) is -0.425. The molecular weight excluding hydrogens is 408 g/mol. The van der Waals surface area contributed by atoms with Crippen LogP contribution in [0.15, 0.2) is 75.2 Å². The Kier molecular flexibility index (Phi) is 4.78. The molecule has 0 aliphatic heterocycles. The molecule has 4 rings (SSSR count). The van der Waals surface area contributed by atoms with Crippen LogP contribution in [0.4, 0.5) is 0 Å². The van der Waals surface area contributed by atoms with Crippen LogP contribution in [-0.2, 0) is 30.7 Å². The predicted molar refractivity (Wildman–Crippen MR) is 108 cm³/mol. The normalized spacial score (nSPS) is 11.7. The minimum absolute atomic E-state index is 0.111. The van der Waals surface area contributed by atoms with E-state index in [2.05, 4.69) is 4.98 Å². The fraction of sp³-hybridized carbons (Fsp3) is 0.150. The molecule has 1 aromatic carbocycles. The molecule has 0 unspecified atom stereocenters. The second kappa shape index (κ2) is 7.30. The number of furan rings is 1. The first-order valence-electron chi connectivity index (χ1n) is 8.95. The Bertz CT molecular complexity index is 1390. The van der Waals surface area contributed by atoms with E-state index in [0.717, 1.165) is 4.31 Å². The summed E-state index contributed by atoms with van der Waals surface area (Å²) in [6, 6.07) is 10.5. The van der Waals surface area contributed by atoms with Crippen molar-refractivity contribution < 1.29 is 17.6 Å². The van der Waals surface area contributed by atoms with E-state index in [-0.39, 0.29) is 22.7 Å². The van der Waals surface area contributed by atoms with Crippen LogP contribution in [0.5, 0.6) is 0 Å². The van der Waals surface area contributed by atoms with Crippen molar-refractivity contribution in [2.45, 2.75) is 11.4 Å². The van der Waals surface area contributed by atoms with Gasteiger partial charge < -0.3 is 4.42 Å². The van der Waals surface area contributed by atoms with Crippen LogP contribution in [0.1, 0.15) is 16.1 Å². The van der Waals surface area contributed by atoms with Gasteiger partial charge in [0.2, 0.25) is 0 Å². The predicted octanol–water partition coefficient (Wildman–Crippen LogP) is 1.90. The SMILES string of the molecule is Cn1c(=O)n(C)c2cc(S(=O)(=O)N(Cc3ccco3)C(=O)c3cccnc3)ccc21. The number of imidazole rings is 1. The number of amides is 1. The molecule has 4 aromatic rings. The number of aromatic nitrogens is 3. The average Bonchev–Trinajstić information content (AvgIpc) is 3.35. The number of pyridine rings is 1. The number of hydrogen-bond acceptors (Lipinski definition) is 6. The lowest BCUT2D eigenvalue weighted by atomic mass is 10.2. The quantitative estimate of drug-likeness (QED) is 0.482. The summed E-state index contributed by atoms with van der Waals surface area (Å²) in [5.41, 5.74) is 0.868. The third-order valence-corrected chi connectivity index (χ3v) is 6.57. The third kappa shape index (κ3) is 3.20. The maximum absolute atomic E-state index is 13.5. The maximum atomic E-state index is 13.5. The van der Waals surface area contributed by atoms with Crippen molar-refractivity contribution in [3.05, 3.63) is 82.9 Å². The van der Waals surface area contributed by atoms with Crippen molar-refractivity contribution in [3.8, 4) is 0 Å². The molecule has 3 aromatic heterocycles. The standard InChI is InChI=1S/C20H18N4O5S/c1-22-17-8-7-16(11-18(17)23(2)20(22)26)30(27,28)24(13-15-6-4-10-29-15)19(25)14-5-3-9-21-12-14/h3-12H,13H2,1-2H3. The van der Waals surface area contributed by atoms with Crippen LogP contribution in [-0.4, -0.2) is 32.7 Å². The summed E-state index contributed by atoms with van der Waals surface area (Å²) in [6.45, 7) is -0.283. The molecule has 0 N–H and O–H groups in total. The molecule has 9 nitrogen and oxygen atoms in total. The van der Waals surface area contributed by atoms with E-state index in [0.29, 0.717) is 16.8 Å². The maximum Gasteiger partial charge on any atom is 0.328 e. The molecule has 0 fully saturated rings. The van der Waals surface area contributed by atoms with Crippen LogP contribution in [0, 0.1) is 0 Å². The lowest BCUT2D eigenvalue weighted by Crippen LogP contribution is -2.36. The Labute approximate surface area is 171 Å². The molecule has 0 saturated carbocycles. The summed E-state index contributed by atoms with van der Waals surface area (Å²) in [5, 5.41) is 0. The van der Waals surface area contributed by atoms with Crippen LogP contribution in [0.25, 0.3) is 11.0 Å². The highest BCUT2D eigenvalue weighted by Crippen LogP contribution is 2.24. The number of benzene rings is 1. The van der Waals surface area contributed by atoms with Gasteiger partial charge in [0, 0.05) is 26.5 Å². The lowest BCUT2D eigenvalue weighted by molar-refractivity contribution is 0.0848. The van der Waals surface area contributed by atoms with Crippen molar-refractivity contribution in [2.24, 2.45) is 14.1 Å². The van der Waals surface area contributed by atoms with Gasteiger partial charge in [-0.3, -0.25) is 18.9 Å². The highest BCUT2D eigenvalue weighted by atomic mass is 32.2. The van der Waals surface area contributed by atoms with E-state index in [1.165, 1.54) is 46.0 Å². The molecule has 0 atom stereocenters. The molecule has 0 radical (unpaired) electrons. The monoisotopic (exact) mass is 426 g/mol. The zero-order valence-electron chi connectivity index (χ0n) is 16.2. The second-order valence-corrected chi connectivity index (χ2v) is 8.55. The topological polar surface area (TPSA) is 107 Å². The van der Waals surface area contributed by atoms with E-state index in [1.807, 2.05) is 0 Å². The highest BCUT2D eigenvalue weighted by Gasteiger charge is 2.32. The van der Waals surface area contributed by atoms with Crippen molar-refractivity contribution >= 4 is 27.0 Å².